The van der Waals surface area contributed by atoms with Crippen LogP contribution in [0.15, 0.2) is 72.3 Å². The van der Waals surface area contributed by atoms with E-state index < -0.39 is 5.91 Å². The van der Waals surface area contributed by atoms with Crippen molar-refractivity contribution in [3.63, 3.8) is 0 Å². The van der Waals surface area contributed by atoms with Crippen molar-refractivity contribution in [2.75, 3.05) is 5.32 Å². The number of amides is 1. The second-order valence-corrected chi connectivity index (χ2v) is 7.22. The van der Waals surface area contributed by atoms with Gasteiger partial charge in [0.15, 0.2) is 0 Å². The van der Waals surface area contributed by atoms with E-state index in [4.69, 9.17) is 4.74 Å². The molecule has 150 valence electrons. The summed E-state index contributed by atoms with van der Waals surface area (Å²) in [6.45, 7) is 6.42. The number of carbonyl (C=O) groups excluding carboxylic acids is 1. The predicted molar refractivity (Wildman–Crippen MR) is 120 cm³/mol. The van der Waals surface area contributed by atoms with Crippen LogP contribution in [-0.2, 0) is 11.4 Å². The molecule has 1 N–H and O–H groups in total. The fourth-order valence-corrected chi connectivity index (χ4v) is 2.94. The summed E-state index contributed by atoms with van der Waals surface area (Å²) >= 11 is 0. The van der Waals surface area contributed by atoms with Crippen molar-refractivity contribution in [2.45, 2.75) is 27.4 Å². The Labute approximate surface area is 177 Å². The van der Waals surface area contributed by atoms with Crippen LogP contribution in [0.4, 0.5) is 5.69 Å². The zero-order valence-corrected chi connectivity index (χ0v) is 17.4. The van der Waals surface area contributed by atoms with Gasteiger partial charge in [-0.3, -0.25) is 4.79 Å². The minimum absolute atomic E-state index is 0.0339. The monoisotopic (exact) mass is 396 g/mol. The first-order chi connectivity index (χ1) is 14.5. The number of hydrogen-bond donors (Lipinski definition) is 1. The number of nitrogens with one attached hydrogen (secondary N) is 1. The summed E-state index contributed by atoms with van der Waals surface area (Å²) in [6, 6.07) is 23.2. The average molecular weight is 396 g/mol. The molecule has 0 aliphatic heterocycles. The van der Waals surface area contributed by atoms with Gasteiger partial charge in [0.1, 0.15) is 24.0 Å². The molecule has 0 bridgehead atoms. The third-order valence-corrected chi connectivity index (χ3v) is 4.91. The molecule has 0 spiro atoms. The number of carbonyl (C=O) groups is 1. The van der Waals surface area contributed by atoms with Gasteiger partial charge < -0.3 is 10.1 Å². The number of anilines is 1. The lowest BCUT2D eigenvalue weighted by Gasteiger charge is -2.10. The quantitative estimate of drug-likeness (QED) is 0.427. The largest absolute Gasteiger partial charge is 0.489 e. The topological polar surface area (TPSA) is 62.1 Å². The maximum atomic E-state index is 12.6. The van der Waals surface area contributed by atoms with E-state index in [-0.39, 0.29) is 5.57 Å². The van der Waals surface area contributed by atoms with E-state index in [1.54, 1.807) is 6.08 Å². The molecule has 0 aliphatic carbocycles. The second-order valence-electron chi connectivity index (χ2n) is 7.22. The molecular formula is C26H24N2O2. The van der Waals surface area contributed by atoms with Crippen molar-refractivity contribution in [3.8, 4) is 11.8 Å². The summed E-state index contributed by atoms with van der Waals surface area (Å²) in [6.07, 6.45) is 1.57. The molecule has 0 saturated heterocycles. The van der Waals surface area contributed by atoms with Gasteiger partial charge in [-0.25, -0.2) is 0 Å². The van der Waals surface area contributed by atoms with Crippen molar-refractivity contribution in [2.24, 2.45) is 0 Å². The summed E-state index contributed by atoms with van der Waals surface area (Å²) in [4.78, 5) is 12.6. The Morgan fingerprint density at radius 3 is 2.50 bits per heavy atom. The van der Waals surface area contributed by atoms with E-state index in [2.05, 4.69) is 5.32 Å². The Hall–Kier alpha value is -3.84. The first kappa shape index (κ1) is 20.9. The van der Waals surface area contributed by atoms with Gasteiger partial charge in [0.05, 0.1) is 0 Å². The summed E-state index contributed by atoms with van der Waals surface area (Å²) in [5.41, 5.74) is 5.80. The van der Waals surface area contributed by atoms with E-state index in [1.165, 1.54) is 5.56 Å². The maximum absolute atomic E-state index is 12.6. The maximum Gasteiger partial charge on any atom is 0.266 e. The summed E-state index contributed by atoms with van der Waals surface area (Å²) in [5.74, 6) is 0.244. The van der Waals surface area contributed by atoms with Gasteiger partial charge in [0.2, 0.25) is 0 Å². The minimum atomic E-state index is -0.433. The van der Waals surface area contributed by atoms with Gasteiger partial charge >= 0.3 is 0 Å². The highest BCUT2D eigenvalue weighted by molar-refractivity contribution is 6.10. The van der Waals surface area contributed by atoms with Crippen molar-refractivity contribution in [1.29, 1.82) is 5.26 Å². The normalized spacial score (nSPS) is 10.9. The molecule has 0 saturated carbocycles. The molecule has 4 nitrogen and oxygen atoms in total. The Kier molecular flexibility index (Phi) is 6.67. The molecule has 3 aromatic rings. The van der Waals surface area contributed by atoms with Crippen molar-refractivity contribution in [3.05, 3.63) is 100 Å². The first-order valence-electron chi connectivity index (χ1n) is 9.74. The van der Waals surface area contributed by atoms with Crippen LogP contribution in [-0.4, -0.2) is 5.91 Å². The van der Waals surface area contributed by atoms with Crippen LogP contribution in [0.5, 0.6) is 5.75 Å². The van der Waals surface area contributed by atoms with E-state index >= 15 is 0 Å². The highest BCUT2D eigenvalue weighted by Gasteiger charge is 2.11. The van der Waals surface area contributed by atoms with Gasteiger partial charge in [-0.1, -0.05) is 54.1 Å². The van der Waals surface area contributed by atoms with Crippen LogP contribution in [0.25, 0.3) is 6.08 Å². The van der Waals surface area contributed by atoms with Gasteiger partial charge in [-0.15, -0.1) is 0 Å². The SMILES string of the molecule is Cc1ccc(COc2cccc(/C=C(/C#N)C(=O)Nc3cccc(C)c3C)c2)cc1. The lowest BCUT2D eigenvalue weighted by Crippen LogP contribution is -2.14. The Bertz CT molecular complexity index is 1120. The van der Waals surface area contributed by atoms with Crippen LogP contribution < -0.4 is 10.1 Å². The van der Waals surface area contributed by atoms with E-state index in [0.29, 0.717) is 18.0 Å². The van der Waals surface area contributed by atoms with Crippen molar-refractivity contribution < 1.29 is 9.53 Å². The number of ether oxygens (including phenoxy) is 1. The van der Waals surface area contributed by atoms with E-state index in [9.17, 15) is 10.1 Å². The molecule has 0 unspecified atom stereocenters. The van der Waals surface area contributed by atoms with Gasteiger partial charge in [-0.2, -0.15) is 5.26 Å². The van der Waals surface area contributed by atoms with Crippen LogP contribution in [0, 0.1) is 32.1 Å². The first-order valence-corrected chi connectivity index (χ1v) is 9.74. The fourth-order valence-electron chi connectivity index (χ4n) is 2.94. The molecule has 0 aliphatic rings. The summed E-state index contributed by atoms with van der Waals surface area (Å²) < 4.78 is 5.86. The van der Waals surface area contributed by atoms with Gasteiger partial charge in [-0.05, 0) is 67.3 Å². The van der Waals surface area contributed by atoms with Crippen molar-refractivity contribution in [1.82, 2.24) is 0 Å². The molecule has 3 aromatic carbocycles. The smallest absolute Gasteiger partial charge is 0.266 e. The predicted octanol–water partition coefficient (Wildman–Crippen LogP) is 5.74. The molecule has 30 heavy (non-hydrogen) atoms. The molecule has 0 fully saturated rings. The van der Waals surface area contributed by atoms with E-state index in [1.807, 2.05) is 93.6 Å². The molecule has 0 atom stereocenters. The van der Waals surface area contributed by atoms with Crippen LogP contribution in [0.2, 0.25) is 0 Å². The standard InChI is InChI=1S/C26H24N2O2/c1-18-10-12-21(13-11-18)17-30-24-8-5-7-22(15-24)14-23(16-27)26(29)28-25-9-4-6-19(2)20(25)3/h4-15H,17H2,1-3H3,(H,28,29)/b23-14-. The third kappa shape index (κ3) is 5.36. The van der Waals surface area contributed by atoms with Gasteiger partial charge in [0, 0.05) is 5.69 Å². The van der Waals surface area contributed by atoms with Crippen molar-refractivity contribution >= 4 is 17.7 Å². The molecule has 1 amide bonds. The highest BCUT2D eigenvalue weighted by atomic mass is 16.5. The fraction of sp³-hybridized carbons (Fsp3) is 0.154. The number of nitriles is 1. The summed E-state index contributed by atoms with van der Waals surface area (Å²) in [5, 5.41) is 12.3. The number of nitrogens with zero attached hydrogens (tertiary/aromatic N) is 1. The Morgan fingerprint density at radius 2 is 1.77 bits per heavy atom. The average Bonchev–Trinajstić information content (AvgIpc) is 2.75. The Balaban J connectivity index is 1.73. The number of hydrogen-bond acceptors (Lipinski definition) is 3. The van der Waals surface area contributed by atoms with Gasteiger partial charge in [0.25, 0.3) is 5.91 Å². The van der Waals surface area contributed by atoms with Crippen LogP contribution in [0.3, 0.4) is 0 Å². The molecule has 0 heterocycles. The van der Waals surface area contributed by atoms with Crippen LogP contribution >= 0.6 is 0 Å². The number of benzene rings is 3. The Morgan fingerprint density at radius 1 is 1.03 bits per heavy atom. The number of rotatable bonds is 6. The number of aryl methyl sites for hydroxylation is 2. The zero-order chi connectivity index (χ0) is 21.5. The summed E-state index contributed by atoms with van der Waals surface area (Å²) in [7, 11) is 0. The third-order valence-electron chi connectivity index (χ3n) is 4.91. The molecule has 3 rings (SSSR count). The lowest BCUT2D eigenvalue weighted by atomic mass is 10.1. The van der Waals surface area contributed by atoms with Crippen LogP contribution in [0.1, 0.15) is 27.8 Å². The molecule has 0 aromatic heterocycles. The minimum Gasteiger partial charge on any atom is -0.489 e. The molecule has 0 radical (unpaired) electrons. The lowest BCUT2D eigenvalue weighted by molar-refractivity contribution is -0.112. The highest BCUT2D eigenvalue weighted by Crippen LogP contribution is 2.20. The van der Waals surface area contributed by atoms with E-state index in [0.717, 1.165) is 22.3 Å². The molecule has 4 heteroatoms. The molecular weight excluding hydrogens is 372 g/mol. The second kappa shape index (κ2) is 9.58. The zero-order valence-electron chi connectivity index (χ0n) is 17.4.